The zero-order valence-electron chi connectivity index (χ0n) is 11.2. The molecule has 2 atom stereocenters. The summed E-state index contributed by atoms with van der Waals surface area (Å²) in [6.07, 6.45) is 2.28. The highest BCUT2D eigenvalue weighted by atomic mass is 32.2. The van der Waals surface area contributed by atoms with E-state index in [2.05, 4.69) is 4.72 Å². The van der Waals surface area contributed by atoms with E-state index < -0.39 is 32.6 Å². The van der Waals surface area contributed by atoms with Gasteiger partial charge >= 0.3 is 0 Å². The zero-order valence-corrected chi connectivity index (χ0v) is 12.0. The first-order chi connectivity index (χ1) is 9.88. The summed E-state index contributed by atoms with van der Waals surface area (Å²) in [6, 6.07) is 1.14. The predicted octanol–water partition coefficient (Wildman–Crippen LogP) is 1.39. The number of nitrogen functional groups attached to an aromatic ring is 1. The average molecular weight is 318 g/mol. The van der Waals surface area contributed by atoms with Crippen molar-refractivity contribution in [2.45, 2.75) is 36.3 Å². The molecule has 2 aliphatic rings. The topological polar surface area (TPSA) is 81.4 Å². The first kappa shape index (κ1) is 14.7. The third-order valence-electron chi connectivity index (χ3n) is 3.82. The van der Waals surface area contributed by atoms with Crippen molar-refractivity contribution in [1.29, 1.82) is 0 Å². The SMILES string of the molecule is Nc1cc(F)c(S(=O)(=O)NC2CCOC2C2CC2)c(F)c1. The highest BCUT2D eigenvalue weighted by Crippen LogP contribution is 2.39. The van der Waals surface area contributed by atoms with E-state index in [1.165, 1.54) is 0 Å². The van der Waals surface area contributed by atoms with Crippen LogP contribution in [0.1, 0.15) is 19.3 Å². The lowest BCUT2D eigenvalue weighted by molar-refractivity contribution is 0.0847. The van der Waals surface area contributed by atoms with E-state index in [4.69, 9.17) is 10.5 Å². The van der Waals surface area contributed by atoms with Crippen molar-refractivity contribution in [3.8, 4) is 0 Å². The lowest BCUT2D eigenvalue weighted by atomic mass is 10.1. The Kier molecular flexibility index (Phi) is 3.62. The van der Waals surface area contributed by atoms with E-state index in [0.29, 0.717) is 18.9 Å². The number of rotatable bonds is 4. The van der Waals surface area contributed by atoms with Crippen LogP contribution in [0.2, 0.25) is 0 Å². The summed E-state index contributed by atoms with van der Waals surface area (Å²) in [5.74, 6) is -2.05. The number of sulfonamides is 1. The van der Waals surface area contributed by atoms with Crippen LogP contribution in [-0.4, -0.2) is 27.2 Å². The van der Waals surface area contributed by atoms with Crippen LogP contribution in [-0.2, 0) is 14.8 Å². The molecule has 1 aromatic carbocycles. The fraction of sp³-hybridized carbons (Fsp3) is 0.538. The highest BCUT2D eigenvalue weighted by molar-refractivity contribution is 7.89. The second kappa shape index (κ2) is 5.19. The number of benzene rings is 1. The standard InChI is InChI=1S/C13H16F2N2O3S/c14-9-5-8(16)6-10(15)13(9)21(18,19)17-11-3-4-20-12(11)7-1-2-7/h5-7,11-12,17H,1-4,16H2. The Labute approximate surface area is 121 Å². The Morgan fingerprint density at radius 3 is 2.38 bits per heavy atom. The van der Waals surface area contributed by atoms with Gasteiger partial charge in [-0.05, 0) is 37.3 Å². The van der Waals surface area contributed by atoms with E-state index >= 15 is 0 Å². The van der Waals surface area contributed by atoms with Crippen LogP contribution in [0.5, 0.6) is 0 Å². The molecule has 5 nitrogen and oxygen atoms in total. The molecule has 1 saturated heterocycles. The quantitative estimate of drug-likeness (QED) is 0.822. The van der Waals surface area contributed by atoms with Crippen LogP contribution in [0.25, 0.3) is 0 Å². The summed E-state index contributed by atoms with van der Waals surface area (Å²) < 4.78 is 59.9. The van der Waals surface area contributed by atoms with Gasteiger partial charge in [-0.25, -0.2) is 21.9 Å². The maximum absolute atomic E-state index is 13.8. The molecular formula is C13H16F2N2O3S. The van der Waals surface area contributed by atoms with Crippen LogP contribution >= 0.6 is 0 Å². The predicted molar refractivity (Wildman–Crippen MR) is 72.0 cm³/mol. The van der Waals surface area contributed by atoms with Gasteiger partial charge in [-0.1, -0.05) is 0 Å². The first-order valence-corrected chi connectivity index (χ1v) is 8.25. The van der Waals surface area contributed by atoms with Gasteiger partial charge in [0.25, 0.3) is 0 Å². The van der Waals surface area contributed by atoms with Crippen molar-refractivity contribution in [3.05, 3.63) is 23.8 Å². The van der Waals surface area contributed by atoms with E-state index in [1.54, 1.807) is 0 Å². The van der Waals surface area contributed by atoms with Gasteiger partial charge in [0, 0.05) is 12.3 Å². The molecule has 0 amide bonds. The third-order valence-corrected chi connectivity index (χ3v) is 5.36. The van der Waals surface area contributed by atoms with Gasteiger partial charge in [0.15, 0.2) is 4.90 Å². The van der Waals surface area contributed by atoms with Crippen LogP contribution in [0.3, 0.4) is 0 Å². The molecule has 1 heterocycles. The molecule has 0 radical (unpaired) electrons. The summed E-state index contributed by atoms with van der Waals surface area (Å²) in [5, 5.41) is 0. The summed E-state index contributed by atoms with van der Waals surface area (Å²) in [6.45, 7) is 0.445. The maximum Gasteiger partial charge on any atom is 0.246 e. The average Bonchev–Trinajstić information content (AvgIpc) is 3.08. The number of hydrogen-bond acceptors (Lipinski definition) is 4. The smallest absolute Gasteiger partial charge is 0.246 e. The number of halogens is 2. The molecule has 8 heteroatoms. The summed E-state index contributed by atoms with van der Waals surface area (Å²) >= 11 is 0. The molecule has 0 spiro atoms. The molecule has 116 valence electrons. The lowest BCUT2D eigenvalue weighted by Gasteiger charge is -2.19. The first-order valence-electron chi connectivity index (χ1n) is 6.77. The fourth-order valence-electron chi connectivity index (χ4n) is 2.72. The molecule has 0 aromatic heterocycles. The number of ether oxygens (including phenoxy) is 1. The summed E-state index contributed by atoms with van der Waals surface area (Å²) in [4.78, 5) is -0.988. The molecule has 1 aliphatic heterocycles. The monoisotopic (exact) mass is 318 g/mol. The van der Waals surface area contributed by atoms with E-state index in [-0.39, 0.29) is 11.8 Å². The van der Waals surface area contributed by atoms with E-state index in [1.807, 2.05) is 0 Å². The van der Waals surface area contributed by atoms with Crippen molar-refractivity contribution >= 4 is 15.7 Å². The molecule has 21 heavy (non-hydrogen) atoms. The number of hydrogen-bond donors (Lipinski definition) is 2. The Balaban J connectivity index is 1.87. The fourth-order valence-corrected chi connectivity index (χ4v) is 4.12. The van der Waals surface area contributed by atoms with Crippen molar-refractivity contribution < 1.29 is 21.9 Å². The molecule has 1 saturated carbocycles. The maximum atomic E-state index is 13.8. The normalized spacial score (nSPS) is 26.2. The lowest BCUT2D eigenvalue weighted by Crippen LogP contribution is -2.41. The van der Waals surface area contributed by atoms with E-state index in [0.717, 1.165) is 25.0 Å². The van der Waals surface area contributed by atoms with Crippen molar-refractivity contribution in [2.24, 2.45) is 5.92 Å². The van der Waals surface area contributed by atoms with Crippen LogP contribution in [0, 0.1) is 17.6 Å². The van der Waals surface area contributed by atoms with Gasteiger partial charge in [0.05, 0.1) is 12.1 Å². The minimum absolute atomic E-state index is 0.163. The van der Waals surface area contributed by atoms with Gasteiger partial charge in [0.1, 0.15) is 11.6 Å². The number of nitrogens with one attached hydrogen (secondary N) is 1. The van der Waals surface area contributed by atoms with Crippen LogP contribution in [0.15, 0.2) is 17.0 Å². The number of nitrogens with two attached hydrogens (primary N) is 1. The molecular weight excluding hydrogens is 302 g/mol. The van der Waals surface area contributed by atoms with Crippen LogP contribution in [0.4, 0.5) is 14.5 Å². The highest BCUT2D eigenvalue weighted by Gasteiger charge is 2.42. The van der Waals surface area contributed by atoms with Gasteiger partial charge in [-0.15, -0.1) is 0 Å². The molecule has 1 aromatic rings. The largest absolute Gasteiger partial charge is 0.399 e. The van der Waals surface area contributed by atoms with Gasteiger partial charge in [-0.2, -0.15) is 0 Å². The third kappa shape index (κ3) is 2.88. The Morgan fingerprint density at radius 1 is 1.19 bits per heavy atom. The van der Waals surface area contributed by atoms with Crippen molar-refractivity contribution in [1.82, 2.24) is 4.72 Å². The van der Waals surface area contributed by atoms with E-state index in [9.17, 15) is 17.2 Å². The molecule has 3 N–H and O–H groups in total. The molecule has 3 rings (SSSR count). The summed E-state index contributed by atoms with van der Waals surface area (Å²) in [7, 11) is -4.30. The van der Waals surface area contributed by atoms with Crippen molar-refractivity contribution in [2.75, 3.05) is 12.3 Å². The minimum atomic E-state index is -4.30. The molecule has 2 unspecified atom stereocenters. The molecule has 0 bridgehead atoms. The van der Waals surface area contributed by atoms with Gasteiger partial charge in [0.2, 0.25) is 10.0 Å². The Hall–Kier alpha value is -1.25. The van der Waals surface area contributed by atoms with Crippen LogP contribution < -0.4 is 10.5 Å². The van der Waals surface area contributed by atoms with Gasteiger partial charge in [-0.3, -0.25) is 0 Å². The Morgan fingerprint density at radius 2 is 1.81 bits per heavy atom. The number of anilines is 1. The minimum Gasteiger partial charge on any atom is -0.399 e. The Bertz CT molecular complexity index is 638. The molecule has 2 fully saturated rings. The zero-order chi connectivity index (χ0) is 15.2. The second-order valence-corrected chi connectivity index (χ2v) is 7.15. The summed E-state index contributed by atoms with van der Waals surface area (Å²) in [5.41, 5.74) is 5.13. The van der Waals surface area contributed by atoms with Crippen molar-refractivity contribution in [3.63, 3.8) is 0 Å². The second-order valence-electron chi connectivity index (χ2n) is 5.50. The van der Waals surface area contributed by atoms with Gasteiger partial charge < -0.3 is 10.5 Å². The molecule has 1 aliphatic carbocycles.